The standard InChI is InChI=1S/C21H33N5O2/c1-8-22-21(23-12-16-9-10-18(27-6)11-19(16)28-7)25(4)13-17-14-26(5)24-20(17)15(2)3/h9-11,14-15H,8,12-13H2,1-7H3,(H,22,23). The van der Waals surface area contributed by atoms with Crippen LogP contribution in [0.25, 0.3) is 0 Å². The van der Waals surface area contributed by atoms with Gasteiger partial charge in [0.15, 0.2) is 5.96 Å². The number of aliphatic imine (C=N–C) groups is 1. The Labute approximate surface area is 168 Å². The Hall–Kier alpha value is -2.70. The van der Waals surface area contributed by atoms with Gasteiger partial charge in [0, 0.05) is 50.6 Å². The summed E-state index contributed by atoms with van der Waals surface area (Å²) >= 11 is 0. The van der Waals surface area contributed by atoms with Gasteiger partial charge in [-0.05, 0) is 25.0 Å². The first-order valence-electron chi connectivity index (χ1n) is 9.62. The molecule has 0 aliphatic rings. The number of guanidine groups is 1. The molecular weight excluding hydrogens is 354 g/mol. The van der Waals surface area contributed by atoms with Crippen molar-refractivity contribution in [3.8, 4) is 11.5 Å². The maximum Gasteiger partial charge on any atom is 0.194 e. The smallest absolute Gasteiger partial charge is 0.194 e. The molecule has 0 bridgehead atoms. The highest BCUT2D eigenvalue weighted by Crippen LogP contribution is 2.25. The number of ether oxygens (including phenoxy) is 2. The van der Waals surface area contributed by atoms with E-state index in [9.17, 15) is 0 Å². The molecule has 154 valence electrons. The minimum Gasteiger partial charge on any atom is -0.497 e. The first-order valence-corrected chi connectivity index (χ1v) is 9.62. The Morgan fingerprint density at radius 3 is 2.61 bits per heavy atom. The molecule has 1 aromatic carbocycles. The molecule has 1 heterocycles. The van der Waals surface area contributed by atoms with Crippen LogP contribution in [0, 0.1) is 0 Å². The van der Waals surface area contributed by atoms with E-state index in [1.165, 1.54) is 5.56 Å². The second-order valence-electron chi connectivity index (χ2n) is 7.07. The lowest BCUT2D eigenvalue weighted by molar-refractivity contribution is 0.391. The number of hydrogen-bond acceptors (Lipinski definition) is 4. The molecule has 28 heavy (non-hydrogen) atoms. The first kappa shape index (κ1) is 21.6. The number of rotatable bonds is 8. The fourth-order valence-electron chi connectivity index (χ4n) is 3.11. The summed E-state index contributed by atoms with van der Waals surface area (Å²) in [6.45, 7) is 8.47. The summed E-state index contributed by atoms with van der Waals surface area (Å²) in [5, 5.41) is 7.97. The third-order valence-corrected chi connectivity index (χ3v) is 4.48. The lowest BCUT2D eigenvalue weighted by Crippen LogP contribution is -2.38. The molecule has 0 fully saturated rings. The number of nitrogens with one attached hydrogen (secondary N) is 1. The Balaban J connectivity index is 2.20. The Kier molecular flexibility index (Phi) is 7.72. The van der Waals surface area contributed by atoms with Gasteiger partial charge in [-0.15, -0.1) is 0 Å². The monoisotopic (exact) mass is 387 g/mol. The number of nitrogens with zero attached hydrogens (tertiary/aromatic N) is 4. The summed E-state index contributed by atoms with van der Waals surface area (Å²) < 4.78 is 12.6. The summed E-state index contributed by atoms with van der Waals surface area (Å²) in [5.74, 6) is 2.77. The van der Waals surface area contributed by atoms with Crippen LogP contribution in [-0.4, -0.2) is 48.5 Å². The van der Waals surface area contributed by atoms with Crippen LogP contribution in [0.15, 0.2) is 29.4 Å². The SMILES string of the molecule is CCNC(=NCc1ccc(OC)cc1OC)N(C)Cc1cn(C)nc1C(C)C. The van der Waals surface area contributed by atoms with Gasteiger partial charge in [0.1, 0.15) is 11.5 Å². The average molecular weight is 388 g/mol. The fraction of sp³-hybridized carbons (Fsp3) is 0.524. The molecule has 0 saturated carbocycles. The van der Waals surface area contributed by atoms with Crippen molar-refractivity contribution in [2.75, 3.05) is 27.8 Å². The molecule has 0 amide bonds. The third-order valence-electron chi connectivity index (χ3n) is 4.48. The van der Waals surface area contributed by atoms with E-state index in [-0.39, 0.29) is 0 Å². The van der Waals surface area contributed by atoms with Gasteiger partial charge in [0.05, 0.1) is 26.5 Å². The number of aromatic nitrogens is 2. The first-order chi connectivity index (χ1) is 13.4. The fourth-order valence-corrected chi connectivity index (χ4v) is 3.11. The highest BCUT2D eigenvalue weighted by Gasteiger charge is 2.15. The molecule has 0 unspecified atom stereocenters. The van der Waals surface area contributed by atoms with Crippen molar-refractivity contribution in [2.24, 2.45) is 12.0 Å². The number of methoxy groups -OCH3 is 2. The van der Waals surface area contributed by atoms with Gasteiger partial charge < -0.3 is 19.7 Å². The van der Waals surface area contributed by atoms with Crippen molar-refractivity contribution in [3.05, 3.63) is 41.2 Å². The maximum absolute atomic E-state index is 5.49. The normalized spacial score (nSPS) is 11.6. The second kappa shape index (κ2) is 10.0. The van der Waals surface area contributed by atoms with E-state index < -0.39 is 0 Å². The van der Waals surface area contributed by atoms with Gasteiger partial charge in [0.25, 0.3) is 0 Å². The quantitative estimate of drug-likeness (QED) is 0.557. The van der Waals surface area contributed by atoms with Crippen molar-refractivity contribution in [3.63, 3.8) is 0 Å². The van der Waals surface area contributed by atoms with E-state index in [1.807, 2.05) is 37.0 Å². The van der Waals surface area contributed by atoms with Crippen LogP contribution >= 0.6 is 0 Å². The molecular formula is C21H33N5O2. The van der Waals surface area contributed by atoms with Gasteiger partial charge in [-0.3, -0.25) is 4.68 Å². The number of benzene rings is 1. The summed E-state index contributed by atoms with van der Waals surface area (Å²) in [7, 11) is 7.32. The number of hydrogen-bond donors (Lipinski definition) is 1. The maximum atomic E-state index is 5.49. The summed E-state index contributed by atoms with van der Waals surface area (Å²) in [4.78, 5) is 6.94. The van der Waals surface area contributed by atoms with E-state index >= 15 is 0 Å². The van der Waals surface area contributed by atoms with Crippen LogP contribution in [0.1, 0.15) is 43.5 Å². The molecule has 7 heteroatoms. The molecule has 0 aliphatic carbocycles. The van der Waals surface area contributed by atoms with E-state index in [2.05, 4.69) is 42.3 Å². The van der Waals surface area contributed by atoms with Crippen LogP contribution in [-0.2, 0) is 20.1 Å². The second-order valence-corrected chi connectivity index (χ2v) is 7.07. The van der Waals surface area contributed by atoms with Crippen molar-refractivity contribution in [1.82, 2.24) is 20.0 Å². The van der Waals surface area contributed by atoms with Crippen LogP contribution in [0.4, 0.5) is 0 Å². The summed E-state index contributed by atoms with van der Waals surface area (Å²) in [5.41, 5.74) is 3.35. The van der Waals surface area contributed by atoms with E-state index in [0.29, 0.717) is 12.5 Å². The Bertz CT molecular complexity index is 798. The zero-order valence-electron chi connectivity index (χ0n) is 18.1. The summed E-state index contributed by atoms with van der Waals surface area (Å²) in [6.07, 6.45) is 2.09. The van der Waals surface area contributed by atoms with Crippen molar-refractivity contribution < 1.29 is 9.47 Å². The minimum atomic E-state index is 0.382. The van der Waals surface area contributed by atoms with Crippen LogP contribution < -0.4 is 14.8 Å². The predicted octanol–water partition coefficient (Wildman–Crippen LogP) is 3.16. The Morgan fingerprint density at radius 2 is 2.00 bits per heavy atom. The van der Waals surface area contributed by atoms with Gasteiger partial charge in [0.2, 0.25) is 0 Å². The molecule has 1 aromatic heterocycles. The zero-order valence-corrected chi connectivity index (χ0v) is 18.1. The van der Waals surface area contributed by atoms with Gasteiger partial charge in [-0.1, -0.05) is 13.8 Å². The predicted molar refractivity (Wildman–Crippen MR) is 113 cm³/mol. The van der Waals surface area contributed by atoms with E-state index in [0.717, 1.165) is 41.8 Å². The van der Waals surface area contributed by atoms with Crippen LogP contribution in [0.3, 0.4) is 0 Å². The molecule has 0 saturated heterocycles. The topological polar surface area (TPSA) is 63.9 Å². The van der Waals surface area contributed by atoms with Crippen LogP contribution in [0.5, 0.6) is 11.5 Å². The minimum absolute atomic E-state index is 0.382. The molecule has 2 aromatic rings. The Morgan fingerprint density at radius 1 is 1.25 bits per heavy atom. The van der Waals surface area contributed by atoms with Crippen molar-refractivity contribution >= 4 is 5.96 Å². The highest BCUT2D eigenvalue weighted by atomic mass is 16.5. The lowest BCUT2D eigenvalue weighted by Gasteiger charge is -2.22. The molecule has 0 atom stereocenters. The third kappa shape index (κ3) is 5.41. The van der Waals surface area contributed by atoms with E-state index in [1.54, 1.807) is 14.2 Å². The lowest BCUT2D eigenvalue weighted by atomic mass is 10.1. The average Bonchev–Trinajstić information content (AvgIpc) is 3.05. The van der Waals surface area contributed by atoms with Gasteiger partial charge >= 0.3 is 0 Å². The van der Waals surface area contributed by atoms with Gasteiger partial charge in [-0.25, -0.2) is 4.99 Å². The van der Waals surface area contributed by atoms with Crippen molar-refractivity contribution in [2.45, 2.75) is 39.8 Å². The van der Waals surface area contributed by atoms with E-state index in [4.69, 9.17) is 14.5 Å². The molecule has 0 radical (unpaired) electrons. The molecule has 0 aliphatic heterocycles. The highest BCUT2D eigenvalue weighted by molar-refractivity contribution is 5.79. The van der Waals surface area contributed by atoms with Crippen molar-refractivity contribution in [1.29, 1.82) is 0 Å². The molecule has 0 spiro atoms. The molecule has 1 N–H and O–H groups in total. The van der Waals surface area contributed by atoms with Gasteiger partial charge in [-0.2, -0.15) is 5.10 Å². The summed E-state index contributed by atoms with van der Waals surface area (Å²) in [6, 6.07) is 5.79. The zero-order chi connectivity index (χ0) is 20.7. The number of aryl methyl sites for hydroxylation is 1. The molecule has 7 nitrogen and oxygen atoms in total. The largest absolute Gasteiger partial charge is 0.497 e. The molecule has 2 rings (SSSR count). The van der Waals surface area contributed by atoms with Crippen LogP contribution in [0.2, 0.25) is 0 Å².